The van der Waals surface area contributed by atoms with Gasteiger partial charge in [0.15, 0.2) is 5.13 Å². The maximum Gasteiger partial charge on any atom is 0.284 e. The van der Waals surface area contributed by atoms with Gasteiger partial charge in [-0.2, -0.15) is 5.26 Å². The molecule has 10 heteroatoms. The van der Waals surface area contributed by atoms with Crippen molar-refractivity contribution in [1.29, 1.82) is 5.26 Å². The van der Waals surface area contributed by atoms with Crippen LogP contribution in [-0.4, -0.2) is 57.1 Å². The molecular formula is C20H25N5O3S2. The van der Waals surface area contributed by atoms with Gasteiger partial charge in [0.2, 0.25) is 10.0 Å². The summed E-state index contributed by atoms with van der Waals surface area (Å²) >= 11 is 1.35. The zero-order valence-corrected chi connectivity index (χ0v) is 18.9. The number of anilines is 2. The number of benzene rings is 1. The van der Waals surface area contributed by atoms with Crippen LogP contribution in [0.25, 0.3) is 0 Å². The molecule has 8 nitrogen and oxygen atoms in total. The van der Waals surface area contributed by atoms with E-state index in [1.165, 1.54) is 11.3 Å². The van der Waals surface area contributed by atoms with Gasteiger partial charge in [-0.25, -0.2) is 18.1 Å². The Morgan fingerprint density at radius 2 is 1.97 bits per heavy atom. The van der Waals surface area contributed by atoms with Gasteiger partial charge in [0, 0.05) is 17.1 Å². The summed E-state index contributed by atoms with van der Waals surface area (Å²) in [4.78, 5) is 21.9. The predicted octanol–water partition coefficient (Wildman–Crippen LogP) is 2.49. The second-order valence-electron chi connectivity index (χ2n) is 7.62. The first-order valence-electron chi connectivity index (χ1n) is 9.62. The van der Waals surface area contributed by atoms with Crippen LogP contribution in [0, 0.1) is 24.2 Å². The van der Waals surface area contributed by atoms with E-state index in [1.807, 2.05) is 16.9 Å². The van der Waals surface area contributed by atoms with Crippen LogP contribution in [-0.2, 0) is 10.0 Å². The SMILES string of the molecule is Cc1sc(N(CC2CCN(C)CC2)c2ccc(C#N)cc2)nc1C(=O)NS(C)(=O)=O. The smallest absolute Gasteiger partial charge is 0.284 e. The molecule has 0 atom stereocenters. The Morgan fingerprint density at radius 1 is 1.33 bits per heavy atom. The summed E-state index contributed by atoms with van der Waals surface area (Å²) in [6.07, 6.45) is 3.07. The molecule has 0 bridgehead atoms. The van der Waals surface area contributed by atoms with Crippen molar-refractivity contribution in [1.82, 2.24) is 14.6 Å². The molecule has 1 fully saturated rings. The summed E-state index contributed by atoms with van der Waals surface area (Å²) in [5.74, 6) is -0.258. The van der Waals surface area contributed by atoms with Gasteiger partial charge in [-0.15, -0.1) is 11.3 Å². The molecule has 0 saturated carbocycles. The number of nitriles is 1. The van der Waals surface area contributed by atoms with E-state index in [-0.39, 0.29) is 5.69 Å². The number of carbonyl (C=O) groups is 1. The van der Waals surface area contributed by atoms with Crippen LogP contribution in [0.2, 0.25) is 0 Å². The summed E-state index contributed by atoms with van der Waals surface area (Å²) in [6.45, 7) is 4.56. The lowest BCUT2D eigenvalue weighted by Gasteiger charge is -2.33. The lowest BCUT2D eigenvalue weighted by Crippen LogP contribution is -2.35. The van der Waals surface area contributed by atoms with Crippen molar-refractivity contribution in [3.05, 3.63) is 40.4 Å². The van der Waals surface area contributed by atoms with E-state index in [0.29, 0.717) is 21.5 Å². The van der Waals surface area contributed by atoms with E-state index in [0.717, 1.165) is 44.4 Å². The van der Waals surface area contributed by atoms with Crippen molar-refractivity contribution in [2.45, 2.75) is 19.8 Å². The van der Waals surface area contributed by atoms with E-state index < -0.39 is 15.9 Å². The van der Waals surface area contributed by atoms with Crippen molar-refractivity contribution in [3.63, 3.8) is 0 Å². The number of amides is 1. The Morgan fingerprint density at radius 3 is 2.53 bits per heavy atom. The molecule has 1 aromatic carbocycles. The van der Waals surface area contributed by atoms with Gasteiger partial charge in [0.1, 0.15) is 5.69 Å². The largest absolute Gasteiger partial charge is 0.318 e. The number of aryl methyl sites for hydroxylation is 1. The summed E-state index contributed by atoms with van der Waals surface area (Å²) in [5.41, 5.74) is 1.57. The van der Waals surface area contributed by atoms with E-state index in [1.54, 1.807) is 19.1 Å². The molecule has 1 N–H and O–H groups in total. The number of likely N-dealkylation sites (tertiary alicyclic amines) is 1. The number of piperidine rings is 1. The first-order valence-corrected chi connectivity index (χ1v) is 12.3. The fraction of sp³-hybridized carbons (Fsp3) is 0.450. The maximum atomic E-state index is 12.4. The van der Waals surface area contributed by atoms with Crippen LogP contribution in [0.15, 0.2) is 24.3 Å². The summed E-state index contributed by atoms with van der Waals surface area (Å²) < 4.78 is 24.9. The van der Waals surface area contributed by atoms with Crippen molar-refractivity contribution in [2.24, 2.45) is 5.92 Å². The topological polar surface area (TPSA) is 106 Å². The van der Waals surface area contributed by atoms with Crippen LogP contribution < -0.4 is 9.62 Å². The number of aromatic nitrogens is 1. The van der Waals surface area contributed by atoms with E-state index in [2.05, 4.69) is 27.9 Å². The monoisotopic (exact) mass is 447 g/mol. The van der Waals surface area contributed by atoms with Crippen molar-refractivity contribution in [2.75, 3.05) is 37.8 Å². The zero-order valence-electron chi connectivity index (χ0n) is 17.3. The van der Waals surface area contributed by atoms with E-state index in [4.69, 9.17) is 5.26 Å². The standard InChI is InChI=1S/C20H25N5O3S2/c1-14-18(19(26)23-30(3,27)28)22-20(29-14)25(13-16-8-10-24(2)11-9-16)17-6-4-15(12-21)5-7-17/h4-7,16H,8-11,13H2,1-3H3,(H,23,26). The molecular weight excluding hydrogens is 422 g/mol. The Kier molecular flexibility index (Phi) is 6.75. The minimum Gasteiger partial charge on any atom is -0.318 e. The number of nitrogens with one attached hydrogen (secondary N) is 1. The Bertz CT molecular complexity index is 1050. The van der Waals surface area contributed by atoms with Gasteiger partial charge >= 0.3 is 0 Å². The maximum absolute atomic E-state index is 12.4. The van der Waals surface area contributed by atoms with Crippen molar-refractivity contribution < 1.29 is 13.2 Å². The molecule has 1 aliphatic rings. The minimum atomic E-state index is -3.67. The van der Waals surface area contributed by atoms with Crippen molar-refractivity contribution in [3.8, 4) is 6.07 Å². The first kappa shape index (κ1) is 22.2. The molecule has 1 aliphatic heterocycles. The molecule has 0 radical (unpaired) electrons. The third-order valence-corrected chi connectivity index (χ3v) is 6.65. The normalized spacial score (nSPS) is 15.5. The minimum absolute atomic E-state index is 0.113. The van der Waals surface area contributed by atoms with Crippen LogP contribution >= 0.6 is 11.3 Å². The van der Waals surface area contributed by atoms with Crippen LogP contribution in [0.4, 0.5) is 10.8 Å². The van der Waals surface area contributed by atoms with Gasteiger partial charge < -0.3 is 9.80 Å². The summed E-state index contributed by atoms with van der Waals surface area (Å²) in [5, 5.41) is 9.73. The number of rotatable bonds is 6. The fourth-order valence-electron chi connectivity index (χ4n) is 3.44. The highest BCUT2D eigenvalue weighted by atomic mass is 32.2. The second kappa shape index (κ2) is 9.12. The molecule has 1 aromatic heterocycles. The summed E-state index contributed by atoms with van der Waals surface area (Å²) in [7, 11) is -1.55. The lowest BCUT2D eigenvalue weighted by molar-refractivity contribution is 0.0977. The molecule has 0 spiro atoms. The van der Waals surface area contributed by atoms with Gasteiger partial charge in [-0.3, -0.25) is 4.79 Å². The molecule has 0 unspecified atom stereocenters. The number of hydrogen-bond acceptors (Lipinski definition) is 8. The Hall–Kier alpha value is -2.48. The number of nitrogens with zero attached hydrogens (tertiary/aromatic N) is 4. The Balaban J connectivity index is 1.92. The highest BCUT2D eigenvalue weighted by Gasteiger charge is 2.25. The third-order valence-electron chi connectivity index (χ3n) is 5.10. The molecule has 2 heterocycles. The number of hydrogen-bond donors (Lipinski definition) is 1. The van der Waals surface area contributed by atoms with Gasteiger partial charge in [0.25, 0.3) is 5.91 Å². The highest BCUT2D eigenvalue weighted by Crippen LogP contribution is 2.34. The van der Waals surface area contributed by atoms with Crippen LogP contribution in [0.3, 0.4) is 0 Å². The zero-order chi connectivity index (χ0) is 21.9. The third kappa shape index (κ3) is 5.56. The van der Waals surface area contributed by atoms with Crippen LogP contribution in [0.1, 0.15) is 33.8 Å². The number of carbonyl (C=O) groups excluding carboxylic acids is 1. The van der Waals surface area contributed by atoms with Gasteiger partial charge in [-0.1, -0.05) is 0 Å². The molecule has 30 heavy (non-hydrogen) atoms. The number of sulfonamides is 1. The molecule has 2 aromatic rings. The first-order chi connectivity index (χ1) is 14.2. The van der Waals surface area contributed by atoms with E-state index in [9.17, 15) is 13.2 Å². The average Bonchev–Trinajstić information content (AvgIpc) is 3.08. The number of thiazole rings is 1. The second-order valence-corrected chi connectivity index (χ2v) is 10.6. The molecule has 1 amide bonds. The quantitative estimate of drug-likeness (QED) is 0.725. The average molecular weight is 448 g/mol. The molecule has 160 valence electrons. The van der Waals surface area contributed by atoms with Crippen molar-refractivity contribution >= 4 is 38.1 Å². The molecule has 0 aliphatic carbocycles. The Labute approximate surface area is 181 Å². The van der Waals surface area contributed by atoms with Gasteiger partial charge in [0.05, 0.1) is 17.9 Å². The lowest BCUT2D eigenvalue weighted by atomic mass is 9.96. The van der Waals surface area contributed by atoms with E-state index >= 15 is 0 Å². The molecule has 1 saturated heterocycles. The highest BCUT2D eigenvalue weighted by molar-refractivity contribution is 7.89. The summed E-state index contributed by atoms with van der Waals surface area (Å²) in [6, 6.07) is 9.39. The fourth-order valence-corrected chi connectivity index (χ4v) is 4.81. The van der Waals surface area contributed by atoms with Crippen LogP contribution in [0.5, 0.6) is 0 Å². The van der Waals surface area contributed by atoms with Gasteiger partial charge in [-0.05, 0) is 70.1 Å². The molecule has 3 rings (SSSR count). The predicted molar refractivity (Wildman–Crippen MR) is 118 cm³/mol.